The summed E-state index contributed by atoms with van der Waals surface area (Å²) in [7, 11) is 2.73. The minimum absolute atomic E-state index is 0.177. The highest BCUT2D eigenvalue weighted by molar-refractivity contribution is 7.19. The third-order valence-electron chi connectivity index (χ3n) is 5.64. The minimum atomic E-state index is -0.592. The lowest BCUT2D eigenvalue weighted by molar-refractivity contribution is 0.0602. The Hall–Kier alpha value is -3.46. The van der Waals surface area contributed by atoms with E-state index < -0.39 is 17.2 Å². The molecule has 0 fully saturated rings. The monoisotopic (exact) mass is 466 g/mol. The number of nitrogens with one attached hydrogen (secondary N) is 1. The van der Waals surface area contributed by atoms with Crippen LogP contribution in [-0.4, -0.2) is 32.4 Å². The first-order chi connectivity index (χ1) is 15.7. The van der Waals surface area contributed by atoms with E-state index in [2.05, 4.69) is 10.2 Å². The van der Waals surface area contributed by atoms with Crippen LogP contribution >= 0.6 is 11.3 Å². The van der Waals surface area contributed by atoms with Crippen molar-refractivity contribution in [3.05, 3.63) is 72.9 Å². The quantitative estimate of drug-likeness (QED) is 0.439. The van der Waals surface area contributed by atoms with Gasteiger partial charge in [0.05, 0.1) is 23.8 Å². The molecule has 0 aliphatic rings. The van der Waals surface area contributed by atoms with Crippen molar-refractivity contribution in [1.82, 2.24) is 19.3 Å². The molecule has 0 saturated carbocycles. The number of aromatic amines is 1. The standard InChI is InChI=1S/C24H26N4O4S/c1-13(2)12-28-22-19(21(29)27(4)24(28)31)18(23(30)32-5)17(33-22)11-16-14(3)25-26-20(16)15-9-7-6-8-10-15/h6-10,13H,11-12H2,1-5H3,(H,25,26). The molecule has 4 rings (SSSR count). The predicted molar refractivity (Wildman–Crippen MR) is 129 cm³/mol. The second-order valence-electron chi connectivity index (χ2n) is 8.44. The van der Waals surface area contributed by atoms with Gasteiger partial charge in [-0.2, -0.15) is 5.10 Å². The van der Waals surface area contributed by atoms with E-state index in [0.29, 0.717) is 22.7 Å². The molecule has 0 aliphatic carbocycles. The van der Waals surface area contributed by atoms with Crippen molar-refractivity contribution in [2.24, 2.45) is 13.0 Å². The molecule has 3 heterocycles. The van der Waals surface area contributed by atoms with Crippen molar-refractivity contribution in [2.75, 3.05) is 7.11 Å². The number of esters is 1. The first-order valence-electron chi connectivity index (χ1n) is 10.7. The van der Waals surface area contributed by atoms with E-state index in [1.807, 2.05) is 51.1 Å². The number of aromatic nitrogens is 4. The van der Waals surface area contributed by atoms with Crippen LogP contribution in [0.4, 0.5) is 0 Å². The van der Waals surface area contributed by atoms with Gasteiger partial charge < -0.3 is 4.74 Å². The summed E-state index contributed by atoms with van der Waals surface area (Å²) in [5.41, 5.74) is 2.86. The summed E-state index contributed by atoms with van der Waals surface area (Å²) in [6.45, 7) is 6.36. The van der Waals surface area contributed by atoms with Gasteiger partial charge in [-0.1, -0.05) is 44.2 Å². The third-order valence-corrected chi connectivity index (χ3v) is 6.85. The molecule has 8 nitrogen and oxygen atoms in total. The number of carbonyl (C=O) groups excluding carboxylic acids is 1. The van der Waals surface area contributed by atoms with Gasteiger partial charge in [0.25, 0.3) is 5.56 Å². The Morgan fingerprint density at radius 1 is 1.21 bits per heavy atom. The van der Waals surface area contributed by atoms with Crippen molar-refractivity contribution < 1.29 is 9.53 Å². The summed E-state index contributed by atoms with van der Waals surface area (Å²) in [5.74, 6) is -0.415. The topological polar surface area (TPSA) is 99.0 Å². The summed E-state index contributed by atoms with van der Waals surface area (Å²) in [6.07, 6.45) is 0.370. The average molecular weight is 467 g/mol. The van der Waals surface area contributed by atoms with E-state index in [9.17, 15) is 14.4 Å². The van der Waals surface area contributed by atoms with E-state index in [-0.39, 0.29) is 16.9 Å². The zero-order chi connectivity index (χ0) is 23.9. The number of nitrogens with zero attached hydrogens (tertiary/aromatic N) is 3. The van der Waals surface area contributed by atoms with Crippen LogP contribution in [0.25, 0.3) is 21.5 Å². The van der Waals surface area contributed by atoms with Gasteiger partial charge in [-0.15, -0.1) is 11.3 Å². The van der Waals surface area contributed by atoms with Gasteiger partial charge in [0, 0.05) is 41.7 Å². The van der Waals surface area contributed by atoms with Crippen LogP contribution in [0.2, 0.25) is 0 Å². The molecule has 4 aromatic rings. The first-order valence-corrected chi connectivity index (χ1v) is 11.5. The Balaban J connectivity index is 1.99. The maximum absolute atomic E-state index is 13.1. The van der Waals surface area contributed by atoms with E-state index in [1.165, 1.54) is 25.5 Å². The molecule has 33 heavy (non-hydrogen) atoms. The number of hydrogen-bond donors (Lipinski definition) is 1. The zero-order valence-electron chi connectivity index (χ0n) is 19.3. The molecule has 1 aromatic carbocycles. The fraction of sp³-hybridized carbons (Fsp3) is 0.333. The SMILES string of the molecule is COC(=O)c1c(Cc2c(-c3ccccc3)n[nH]c2C)sc2c1c(=O)n(C)c(=O)n2CC(C)C. The van der Waals surface area contributed by atoms with Gasteiger partial charge in [-0.25, -0.2) is 9.59 Å². The fourth-order valence-electron chi connectivity index (χ4n) is 4.01. The smallest absolute Gasteiger partial charge is 0.339 e. The Bertz CT molecular complexity index is 1460. The molecule has 172 valence electrons. The maximum Gasteiger partial charge on any atom is 0.339 e. The number of H-pyrrole nitrogens is 1. The maximum atomic E-state index is 13.1. The largest absolute Gasteiger partial charge is 0.465 e. The highest BCUT2D eigenvalue weighted by atomic mass is 32.1. The van der Waals surface area contributed by atoms with E-state index in [0.717, 1.165) is 27.1 Å². The number of hydrogen-bond acceptors (Lipinski definition) is 6. The number of ether oxygens (including phenoxy) is 1. The number of aryl methyl sites for hydroxylation is 1. The van der Waals surface area contributed by atoms with E-state index in [1.54, 1.807) is 4.57 Å². The summed E-state index contributed by atoms with van der Waals surface area (Å²) < 4.78 is 7.71. The Morgan fingerprint density at radius 2 is 1.91 bits per heavy atom. The molecule has 0 amide bonds. The second kappa shape index (κ2) is 8.82. The Kier molecular flexibility index (Phi) is 6.07. The summed E-state index contributed by atoms with van der Waals surface area (Å²) in [6, 6.07) is 9.77. The van der Waals surface area contributed by atoms with Gasteiger partial charge in [-0.05, 0) is 12.8 Å². The number of methoxy groups -OCH3 is 1. The highest BCUT2D eigenvalue weighted by Crippen LogP contribution is 2.34. The highest BCUT2D eigenvalue weighted by Gasteiger charge is 2.27. The van der Waals surface area contributed by atoms with Gasteiger partial charge in [0.15, 0.2) is 0 Å². The molecule has 9 heteroatoms. The van der Waals surface area contributed by atoms with Crippen LogP contribution in [0.15, 0.2) is 39.9 Å². The number of thiophene rings is 1. The minimum Gasteiger partial charge on any atom is -0.465 e. The van der Waals surface area contributed by atoms with Crippen molar-refractivity contribution in [2.45, 2.75) is 33.7 Å². The summed E-state index contributed by atoms with van der Waals surface area (Å²) in [5, 5.41) is 7.74. The van der Waals surface area contributed by atoms with E-state index >= 15 is 0 Å². The number of fused-ring (bicyclic) bond motifs is 1. The van der Waals surface area contributed by atoms with E-state index in [4.69, 9.17) is 4.74 Å². The van der Waals surface area contributed by atoms with Gasteiger partial charge in [-0.3, -0.25) is 19.0 Å². The second-order valence-corrected chi connectivity index (χ2v) is 9.53. The summed E-state index contributed by atoms with van der Waals surface area (Å²) in [4.78, 5) is 40.1. The third kappa shape index (κ3) is 3.93. The van der Waals surface area contributed by atoms with Gasteiger partial charge in [0.1, 0.15) is 4.83 Å². The van der Waals surface area contributed by atoms with Crippen molar-refractivity contribution in [1.29, 1.82) is 0 Å². The molecule has 0 saturated heterocycles. The van der Waals surface area contributed by atoms with Crippen molar-refractivity contribution >= 4 is 27.5 Å². The van der Waals surface area contributed by atoms with Crippen LogP contribution in [0, 0.1) is 12.8 Å². The summed E-state index contributed by atoms with van der Waals surface area (Å²) >= 11 is 1.29. The van der Waals surface area contributed by atoms with Gasteiger partial charge >= 0.3 is 11.7 Å². The lowest BCUT2D eigenvalue weighted by Crippen LogP contribution is -2.38. The molecular formula is C24H26N4O4S. The molecule has 0 spiro atoms. The number of benzene rings is 1. The molecule has 1 N–H and O–H groups in total. The first kappa shape index (κ1) is 22.7. The fourth-order valence-corrected chi connectivity index (χ4v) is 5.30. The normalized spacial score (nSPS) is 11.5. The average Bonchev–Trinajstić information content (AvgIpc) is 3.36. The zero-order valence-corrected chi connectivity index (χ0v) is 20.1. The molecule has 0 unspecified atom stereocenters. The van der Waals surface area contributed by atoms with Crippen LogP contribution in [0.3, 0.4) is 0 Å². The molecule has 3 aromatic heterocycles. The van der Waals surface area contributed by atoms with Crippen LogP contribution in [-0.2, 0) is 24.8 Å². The molecule has 0 aliphatic heterocycles. The lowest BCUT2D eigenvalue weighted by Gasteiger charge is -2.11. The Labute approximate surface area is 194 Å². The number of carbonyl (C=O) groups is 1. The lowest BCUT2D eigenvalue weighted by atomic mass is 10.0. The van der Waals surface area contributed by atoms with Crippen molar-refractivity contribution in [3.8, 4) is 11.3 Å². The number of rotatable bonds is 6. The molecule has 0 bridgehead atoms. The molecular weight excluding hydrogens is 440 g/mol. The van der Waals surface area contributed by atoms with Crippen LogP contribution < -0.4 is 11.2 Å². The van der Waals surface area contributed by atoms with Gasteiger partial charge in [0.2, 0.25) is 0 Å². The van der Waals surface area contributed by atoms with Crippen molar-refractivity contribution in [3.63, 3.8) is 0 Å². The predicted octanol–water partition coefficient (Wildman–Crippen LogP) is 3.49. The molecule has 0 atom stereocenters. The Morgan fingerprint density at radius 3 is 2.55 bits per heavy atom. The van der Waals surface area contributed by atoms with Crippen LogP contribution in [0.5, 0.6) is 0 Å². The molecule has 0 radical (unpaired) electrons. The van der Waals surface area contributed by atoms with Crippen LogP contribution in [0.1, 0.15) is 40.3 Å².